The number of nitrogens with one attached hydrogen (secondary N) is 1. The average Bonchev–Trinajstić information content (AvgIpc) is 1.83. The highest BCUT2D eigenvalue weighted by Gasteiger charge is 1.93. The Morgan fingerprint density at radius 3 is 2.62 bits per heavy atom. The van der Waals surface area contributed by atoms with Crippen molar-refractivity contribution in [2.45, 2.75) is 20.3 Å². The molecule has 0 radical (unpaired) electrons. The Morgan fingerprint density at radius 1 is 1.62 bits per heavy atom. The highest BCUT2D eigenvalue weighted by Crippen LogP contribution is 1.77. The molecule has 0 atom stereocenters. The van der Waals surface area contributed by atoms with E-state index in [9.17, 15) is 4.79 Å². The fourth-order valence-electron chi connectivity index (χ4n) is 0.225. The summed E-state index contributed by atoms with van der Waals surface area (Å²) >= 11 is 0. The molecule has 0 spiro atoms. The fourth-order valence-corrected chi connectivity index (χ4v) is 0.225. The molecule has 0 aliphatic heterocycles. The van der Waals surface area contributed by atoms with E-state index in [0.29, 0.717) is 13.0 Å². The van der Waals surface area contributed by atoms with Crippen LogP contribution >= 0.6 is 0 Å². The Kier molecular flexibility index (Phi) is 4.26. The standard InChI is InChI=1S/C5H11NO2/c1-3-5(7)8-6-4-2/h6H,3-4H2,1-2H3. The number of hydrogen-bond donors (Lipinski definition) is 1. The number of carbonyl (C=O) groups excluding carboxylic acids is 1. The van der Waals surface area contributed by atoms with Crippen molar-refractivity contribution in [1.29, 1.82) is 0 Å². The van der Waals surface area contributed by atoms with E-state index in [1.54, 1.807) is 6.92 Å². The molecule has 0 unspecified atom stereocenters. The van der Waals surface area contributed by atoms with Gasteiger partial charge in [-0.1, -0.05) is 6.92 Å². The Labute approximate surface area is 49.0 Å². The molecule has 0 rings (SSSR count). The lowest BCUT2D eigenvalue weighted by Crippen LogP contribution is -2.18. The Hall–Kier alpha value is -0.570. The van der Waals surface area contributed by atoms with Gasteiger partial charge in [-0.25, -0.2) is 0 Å². The summed E-state index contributed by atoms with van der Waals surface area (Å²) in [5.41, 5.74) is 2.45. The van der Waals surface area contributed by atoms with E-state index < -0.39 is 0 Å². The van der Waals surface area contributed by atoms with Gasteiger partial charge in [0.25, 0.3) is 0 Å². The molecule has 0 aromatic rings. The summed E-state index contributed by atoms with van der Waals surface area (Å²) in [5, 5.41) is 0. The first-order valence-electron chi connectivity index (χ1n) is 2.73. The first-order chi connectivity index (χ1) is 3.81. The Bertz CT molecular complexity index is 72.8. The zero-order valence-electron chi connectivity index (χ0n) is 5.23. The van der Waals surface area contributed by atoms with E-state index in [0.717, 1.165) is 0 Å². The summed E-state index contributed by atoms with van der Waals surface area (Å²) in [7, 11) is 0. The third kappa shape index (κ3) is 3.61. The predicted octanol–water partition coefficient (Wildman–Crippen LogP) is 0.464. The minimum atomic E-state index is -0.216. The summed E-state index contributed by atoms with van der Waals surface area (Å²) in [6.07, 6.45) is 0.424. The number of hydroxylamine groups is 1. The summed E-state index contributed by atoms with van der Waals surface area (Å²) in [4.78, 5) is 14.7. The first-order valence-corrected chi connectivity index (χ1v) is 2.73. The van der Waals surface area contributed by atoms with Crippen LogP contribution in [0.2, 0.25) is 0 Å². The van der Waals surface area contributed by atoms with Gasteiger partial charge in [-0.3, -0.25) is 4.79 Å². The quantitative estimate of drug-likeness (QED) is 0.546. The zero-order valence-corrected chi connectivity index (χ0v) is 5.23. The molecular formula is C5H11NO2. The second-order valence-corrected chi connectivity index (χ2v) is 1.33. The van der Waals surface area contributed by atoms with Crippen molar-refractivity contribution in [3.8, 4) is 0 Å². The molecular weight excluding hydrogens is 106 g/mol. The maximum Gasteiger partial charge on any atom is 0.324 e. The molecule has 0 aliphatic carbocycles. The van der Waals surface area contributed by atoms with Crippen LogP contribution in [0.1, 0.15) is 20.3 Å². The smallest absolute Gasteiger partial charge is 0.324 e. The van der Waals surface area contributed by atoms with Gasteiger partial charge in [0.2, 0.25) is 0 Å². The lowest BCUT2D eigenvalue weighted by Gasteiger charge is -1.98. The molecule has 0 amide bonds. The van der Waals surface area contributed by atoms with Crippen molar-refractivity contribution in [2.24, 2.45) is 0 Å². The van der Waals surface area contributed by atoms with Crippen molar-refractivity contribution in [3.05, 3.63) is 0 Å². The molecule has 48 valence electrons. The monoisotopic (exact) mass is 117 g/mol. The van der Waals surface area contributed by atoms with Crippen molar-refractivity contribution in [1.82, 2.24) is 5.48 Å². The van der Waals surface area contributed by atoms with Crippen molar-refractivity contribution in [3.63, 3.8) is 0 Å². The van der Waals surface area contributed by atoms with Crippen LogP contribution in [0.5, 0.6) is 0 Å². The van der Waals surface area contributed by atoms with Gasteiger partial charge >= 0.3 is 5.97 Å². The molecule has 0 aromatic carbocycles. The number of carbonyl (C=O) groups is 1. The molecule has 0 aliphatic rings. The van der Waals surface area contributed by atoms with E-state index in [4.69, 9.17) is 0 Å². The zero-order chi connectivity index (χ0) is 6.41. The van der Waals surface area contributed by atoms with E-state index in [1.165, 1.54) is 0 Å². The van der Waals surface area contributed by atoms with E-state index in [2.05, 4.69) is 10.3 Å². The third-order valence-electron chi connectivity index (χ3n) is 0.619. The molecule has 0 heterocycles. The Balaban J connectivity index is 2.99. The van der Waals surface area contributed by atoms with Gasteiger partial charge in [-0.05, 0) is 6.92 Å². The van der Waals surface area contributed by atoms with Gasteiger partial charge in [0.15, 0.2) is 0 Å². The normalized spacial score (nSPS) is 8.75. The third-order valence-corrected chi connectivity index (χ3v) is 0.619. The molecule has 0 saturated heterocycles. The molecule has 3 nitrogen and oxygen atoms in total. The molecule has 1 N–H and O–H groups in total. The van der Waals surface area contributed by atoms with Crippen LogP contribution in [0.4, 0.5) is 0 Å². The second kappa shape index (κ2) is 4.59. The van der Waals surface area contributed by atoms with E-state index >= 15 is 0 Å². The fraction of sp³-hybridized carbons (Fsp3) is 0.800. The molecule has 0 fully saturated rings. The van der Waals surface area contributed by atoms with Gasteiger partial charge in [0.05, 0.1) is 0 Å². The van der Waals surface area contributed by atoms with Gasteiger partial charge < -0.3 is 4.84 Å². The van der Waals surface area contributed by atoms with Gasteiger partial charge in [-0.2, -0.15) is 5.48 Å². The SMILES string of the molecule is CCNOC(=O)CC. The van der Waals surface area contributed by atoms with E-state index in [1.807, 2.05) is 6.92 Å². The summed E-state index contributed by atoms with van der Waals surface area (Å²) in [5.74, 6) is -0.216. The number of rotatable bonds is 3. The Morgan fingerprint density at radius 2 is 2.25 bits per heavy atom. The molecule has 0 aromatic heterocycles. The summed E-state index contributed by atoms with van der Waals surface area (Å²) in [6, 6.07) is 0. The maximum atomic E-state index is 10.3. The van der Waals surface area contributed by atoms with Crippen LogP contribution in [-0.4, -0.2) is 12.5 Å². The lowest BCUT2D eigenvalue weighted by atomic mass is 10.5. The van der Waals surface area contributed by atoms with E-state index in [-0.39, 0.29) is 5.97 Å². The van der Waals surface area contributed by atoms with Crippen LogP contribution in [-0.2, 0) is 9.63 Å². The molecule has 8 heavy (non-hydrogen) atoms. The molecule has 0 saturated carbocycles. The highest BCUT2D eigenvalue weighted by atomic mass is 16.7. The largest absolute Gasteiger partial charge is 0.371 e. The topological polar surface area (TPSA) is 38.3 Å². The van der Waals surface area contributed by atoms with Crippen LogP contribution in [0.15, 0.2) is 0 Å². The summed E-state index contributed by atoms with van der Waals surface area (Å²) in [6.45, 7) is 4.27. The second-order valence-electron chi connectivity index (χ2n) is 1.33. The number of hydrogen-bond acceptors (Lipinski definition) is 3. The van der Waals surface area contributed by atoms with Gasteiger partial charge in [0, 0.05) is 13.0 Å². The van der Waals surface area contributed by atoms with Crippen LogP contribution < -0.4 is 5.48 Å². The van der Waals surface area contributed by atoms with Crippen LogP contribution in [0.3, 0.4) is 0 Å². The van der Waals surface area contributed by atoms with Crippen LogP contribution in [0.25, 0.3) is 0 Å². The molecule has 0 bridgehead atoms. The summed E-state index contributed by atoms with van der Waals surface area (Å²) < 4.78 is 0. The highest BCUT2D eigenvalue weighted by molar-refractivity contribution is 5.68. The van der Waals surface area contributed by atoms with Crippen molar-refractivity contribution >= 4 is 5.97 Å². The first kappa shape index (κ1) is 7.43. The minimum absolute atomic E-state index is 0.216. The predicted molar refractivity (Wildman–Crippen MR) is 30.1 cm³/mol. The van der Waals surface area contributed by atoms with Gasteiger partial charge in [-0.15, -0.1) is 0 Å². The van der Waals surface area contributed by atoms with Crippen LogP contribution in [0, 0.1) is 0 Å². The average molecular weight is 117 g/mol. The maximum absolute atomic E-state index is 10.3. The van der Waals surface area contributed by atoms with Crippen molar-refractivity contribution in [2.75, 3.05) is 6.54 Å². The minimum Gasteiger partial charge on any atom is -0.371 e. The lowest BCUT2D eigenvalue weighted by molar-refractivity contribution is -0.150. The van der Waals surface area contributed by atoms with Gasteiger partial charge in [0.1, 0.15) is 0 Å². The molecule has 3 heteroatoms. The van der Waals surface area contributed by atoms with Crippen molar-refractivity contribution < 1.29 is 9.63 Å².